The lowest BCUT2D eigenvalue weighted by Gasteiger charge is -2.34. The zero-order valence-electron chi connectivity index (χ0n) is 26.4. The zero-order valence-corrected chi connectivity index (χ0v) is 26.4. The number of aryl methyl sites for hydroxylation is 1. The van der Waals surface area contributed by atoms with Gasteiger partial charge in [0.05, 0.1) is 12.5 Å². The van der Waals surface area contributed by atoms with Crippen LogP contribution in [0.25, 0.3) is 0 Å². The Balaban J connectivity index is 0.000000804. The van der Waals surface area contributed by atoms with Crippen molar-refractivity contribution in [2.45, 2.75) is 64.4 Å². The maximum absolute atomic E-state index is 13.1. The fourth-order valence-electron chi connectivity index (χ4n) is 4.98. The quantitative estimate of drug-likeness (QED) is 0.203. The molecular formula is C32H39F3N6O7. The van der Waals surface area contributed by atoms with Crippen LogP contribution in [0.2, 0.25) is 0 Å². The number of benzene rings is 1. The van der Waals surface area contributed by atoms with E-state index in [1.54, 1.807) is 12.4 Å². The average molecular weight is 677 g/mol. The minimum Gasteiger partial charge on any atom is -0.481 e. The van der Waals surface area contributed by atoms with E-state index in [0.717, 1.165) is 62.3 Å². The highest BCUT2D eigenvalue weighted by Crippen LogP contribution is 2.25. The highest BCUT2D eigenvalue weighted by molar-refractivity contribution is 5.73. The summed E-state index contributed by atoms with van der Waals surface area (Å²) < 4.78 is 38.4. The fraction of sp³-hybridized carbons (Fsp3) is 0.438. The third-order valence-electron chi connectivity index (χ3n) is 7.33. The largest absolute Gasteiger partial charge is 0.490 e. The molecule has 16 heteroatoms. The lowest BCUT2D eigenvalue weighted by atomic mass is 9.96. The number of carbonyl (C=O) groups excluding carboxylic acids is 1. The number of aliphatic carboxylic acids is 2. The smallest absolute Gasteiger partial charge is 0.481 e. The van der Waals surface area contributed by atoms with Crippen molar-refractivity contribution in [3.8, 4) is 0 Å². The number of alkyl halides is 3. The number of hydrogen-bond donors (Lipinski definition) is 4. The van der Waals surface area contributed by atoms with Gasteiger partial charge in [-0.05, 0) is 42.9 Å². The Labute approximate surface area is 274 Å². The first kappa shape index (κ1) is 37.3. The number of nitrogens with zero attached hydrogens (tertiary/aromatic N) is 4. The van der Waals surface area contributed by atoms with E-state index >= 15 is 0 Å². The van der Waals surface area contributed by atoms with Crippen molar-refractivity contribution in [2.75, 3.05) is 29.9 Å². The van der Waals surface area contributed by atoms with Crippen LogP contribution in [-0.2, 0) is 33.9 Å². The number of amides is 1. The molecule has 4 rings (SSSR count). The van der Waals surface area contributed by atoms with Crippen LogP contribution in [-0.4, -0.2) is 74.6 Å². The first-order valence-corrected chi connectivity index (χ1v) is 15.3. The van der Waals surface area contributed by atoms with E-state index in [2.05, 4.69) is 32.4 Å². The number of carboxylic acids is 2. The molecule has 1 aromatic carbocycles. The van der Waals surface area contributed by atoms with Crippen molar-refractivity contribution in [3.05, 3.63) is 82.5 Å². The lowest BCUT2D eigenvalue weighted by Crippen LogP contribution is -2.43. The average Bonchev–Trinajstić information content (AvgIpc) is 3.05. The normalized spacial score (nSPS) is 13.9. The van der Waals surface area contributed by atoms with Crippen LogP contribution in [0.3, 0.4) is 0 Å². The summed E-state index contributed by atoms with van der Waals surface area (Å²) in [5, 5.41) is 22.5. The Morgan fingerprint density at radius 3 is 2.31 bits per heavy atom. The van der Waals surface area contributed by atoms with E-state index in [1.807, 2.05) is 48.5 Å². The molecule has 0 radical (unpaired) electrons. The minimum absolute atomic E-state index is 0.0309. The Morgan fingerprint density at radius 1 is 1.06 bits per heavy atom. The second kappa shape index (κ2) is 18.3. The molecule has 0 spiro atoms. The van der Waals surface area contributed by atoms with Crippen LogP contribution >= 0.6 is 0 Å². The van der Waals surface area contributed by atoms with Crippen LogP contribution in [0, 0.1) is 5.92 Å². The number of ether oxygens (including phenoxy) is 1. The monoisotopic (exact) mass is 676 g/mol. The highest BCUT2D eigenvalue weighted by atomic mass is 19.4. The van der Waals surface area contributed by atoms with Gasteiger partial charge < -0.3 is 30.5 Å². The van der Waals surface area contributed by atoms with Crippen molar-refractivity contribution in [3.63, 3.8) is 0 Å². The third kappa shape index (κ3) is 12.6. The van der Waals surface area contributed by atoms with E-state index < -0.39 is 35.9 Å². The molecule has 1 aliphatic heterocycles. The Kier molecular flexibility index (Phi) is 14.2. The molecule has 1 atom stereocenters. The molecule has 1 fully saturated rings. The molecule has 2 aromatic heterocycles. The summed E-state index contributed by atoms with van der Waals surface area (Å²) in [5.41, 5.74) is 1.26. The first-order valence-electron chi connectivity index (χ1n) is 15.3. The number of halogens is 3. The summed E-state index contributed by atoms with van der Waals surface area (Å²) in [6, 6.07) is 14.1. The Morgan fingerprint density at radius 2 is 1.73 bits per heavy atom. The molecule has 13 nitrogen and oxygen atoms in total. The lowest BCUT2D eigenvalue weighted by molar-refractivity contribution is -0.192. The topological polar surface area (TPSA) is 176 Å². The molecule has 0 saturated carbocycles. The van der Waals surface area contributed by atoms with Gasteiger partial charge in [0, 0.05) is 44.1 Å². The summed E-state index contributed by atoms with van der Waals surface area (Å²) in [6.07, 6.45) is 0.849. The number of carbonyl (C=O) groups is 3. The van der Waals surface area contributed by atoms with Crippen molar-refractivity contribution in [1.82, 2.24) is 19.9 Å². The van der Waals surface area contributed by atoms with Gasteiger partial charge >= 0.3 is 29.9 Å². The first-order chi connectivity index (χ1) is 22.8. The summed E-state index contributed by atoms with van der Waals surface area (Å²) in [7, 11) is 0. The van der Waals surface area contributed by atoms with Crippen molar-refractivity contribution in [2.24, 2.45) is 5.92 Å². The number of pyridine rings is 1. The molecule has 260 valence electrons. The maximum atomic E-state index is 13.1. The number of carboxylic acid groups (broad SMARTS) is 2. The molecular weight excluding hydrogens is 637 g/mol. The molecule has 0 bridgehead atoms. The predicted octanol–water partition coefficient (Wildman–Crippen LogP) is 4.32. The van der Waals surface area contributed by atoms with E-state index in [-0.39, 0.29) is 19.6 Å². The Hall–Kier alpha value is -5.15. The molecule has 1 aliphatic rings. The van der Waals surface area contributed by atoms with Gasteiger partial charge in [0.2, 0.25) is 0 Å². The second-order valence-electron chi connectivity index (χ2n) is 11.1. The number of hydrogen-bond acceptors (Lipinski definition) is 9. The van der Waals surface area contributed by atoms with Crippen LogP contribution < -0.4 is 21.2 Å². The summed E-state index contributed by atoms with van der Waals surface area (Å²) in [4.78, 5) is 56.9. The van der Waals surface area contributed by atoms with Gasteiger partial charge in [-0.15, -0.1) is 0 Å². The minimum atomic E-state index is -5.08. The molecule has 1 amide bonds. The van der Waals surface area contributed by atoms with E-state index in [4.69, 9.17) is 14.6 Å². The summed E-state index contributed by atoms with van der Waals surface area (Å²) >= 11 is 0. The molecule has 3 aromatic rings. The second-order valence-corrected chi connectivity index (χ2v) is 11.1. The van der Waals surface area contributed by atoms with Gasteiger partial charge in [-0.1, -0.05) is 49.7 Å². The molecule has 0 aliphatic carbocycles. The van der Waals surface area contributed by atoms with E-state index in [1.165, 1.54) is 4.57 Å². The molecule has 1 saturated heterocycles. The summed E-state index contributed by atoms with van der Waals surface area (Å²) in [5.74, 6) is -1.80. The van der Waals surface area contributed by atoms with E-state index in [9.17, 15) is 32.7 Å². The van der Waals surface area contributed by atoms with Crippen molar-refractivity contribution >= 4 is 29.7 Å². The van der Waals surface area contributed by atoms with Crippen LogP contribution in [0.15, 0.2) is 65.7 Å². The van der Waals surface area contributed by atoms with Gasteiger partial charge in [-0.3, -0.25) is 9.36 Å². The number of rotatable bonds is 13. The van der Waals surface area contributed by atoms with Crippen LogP contribution in [0.1, 0.15) is 43.7 Å². The predicted molar refractivity (Wildman–Crippen MR) is 170 cm³/mol. The number of aromatic nitrogens is 3. The maximum Gasteiger partial charge on any atom is 0.490 e. The van der Waals surface area contributed by atoms with Crippen molar-refractivity contribution in [1.29, 1.82) is 0 Å². The van der Waals surface area contributed by atoms with Gasteiger partial charge in [0.1, 0.15) is 18.2 Å². The molecule has 48 heavy (non-hydrogen) atoms. The van der Waals surface area contributed by atoms with Gasteiger partial charge in [0.25, 0.3) is 0 Å². The van der Waals surface area contributed by atoms with Crippen LogP contribution in [0.5, 0.6) is 0 Å². The number of anilines is 2. The highest BCUT2D eigenvalue weighted by Gasteiger charge is 2.38. The molecule has 3 heterocycles. The van der Waals surface area contributed by atoms with Gasteiger partial charge in [-0.25, -0.2) is 19.4 Å². The SMILES string of the molecule is CCCc1cn(CC(CC(=O)O)NC(=O)OCc2ccccc2)c(=O)nc1N1CCC(CNc2ccccn2)CC1.O=C(O)C(F)(F)F. The fourth-order valence-corrected chi connectivity index (χ4v) is 4.98. The van der Waals surface area contributed by atoms with Gasteiger partial charge in [0.15, 0.2) is 0 Å². The van der Waals surface area contributed by atoms with E-state index in [0.29, 0.717) is 11.7 Å². The molecule has 4 N–H and O–H groups in total. The summed E-state index contributed by atoms with van der Waals surface area (Å²) in [6.45, 7) is 4.51. The zero-order chi connectivity index (χ0) is 35.1. The number of nitrogens with one attached hydrogen (secondary N) is 2. The third-order valence-corrected chi connectivity index (χ3v) is 7.33. The van der Waals surface area contributed by atoms with Gasteiger partial charge in [-0.2, -0.15) is 18.2 Å². The standard InChI is InChI=1S/C30H38N6O5.C2HF3O2/c1-2-8-24-19-36(20-25(17-27(37)38)33-30(40)41-21-23-9-4-3-5-10-23)29(39)34-28(24)35-15-12-22(13-16-35)18-32-26-11-6-7-14-31-26;3-2(4,5)1(6)7/h3-7,9-11,14,19,22,25H,2,8,12-13,15-18,20-21H2,1H3,(H,31,32)(H,33,40)(H,37,38);(H,6,7). The Bertz CT molecular complexity index is 1530. The van der Waals surface area contributed by atoms with Crippen molar-refractivity contribution < 1.29 is 42.5 Å². The van der Waals surface area contributed by atoms with Crippen LogP contribution in [0.4, 0.5) is 29.6 Å². The number of piperidine rings is 1. The number of alkyl carbamates (subject to hydrolysis) is 1. The molecule has 1 unspecified atom stereocenters.